The number of nitrogens with zero attached hydrogens (tertiary/aromatic N) is 2. The van der Waals surface area contributed by atoms with E-state index in [1.807, 2.05) is 63.3 Å². The summed E-state index contributed by atoms with van der Waals surface area (Å²) in [4.78, 5) is 18.7. The van der Waals surface area contributed by atoms with Gasteiger partial charge in [0, 0.05) is 38.5 Å². The van der Waals surface area contributed by atoms with Crippen molar-refractivity contribution in [2.75, 3.05) is 32.6 Å². The van der Waals surface area contributed by atoms with Gasteiger partial charge in [-0.3, -0.25) is 4.79 Å². The van der Waals surface area contributed by atoms with Gasteiger partial charge < -0.3 is 15.5 Å². The second kappa shape index (κ2) is 10.3. The number of hydrogen-bond acceptors (Lipinski definition) is 4. The van der Waals surface area contributed by atoms with E-state index in [1.54, 1.807) is 0 Å². The maximum absolute atomic E-state index is 12.1. The molecule has 5 nitrogen and oxygen atoms in total. The average Bonchev–Trinajstić information content (AvgIpc) is 2.52. The fourth-order valence-corrected chi connectivity index (χ4v) is 2.36. The summed E-state index contributed by atoms with van der Waals surface area (Å²) in [5.41, 5.74) is 2.03. The largest absolute Gasteiger partial charge is 0.363 e. The van der Waals surface area contributed by atoms with Crippen LogP contribution in [0.3, 0.4) is 0 Å². The van der Waals surface area contributed by atoms with Gasteiger partial charge in [0.2, 0.25) is 5.91 Å². The van der Waals surface area contributed by atoms with Crippen molar-refractivity contribution in [1.82, 2.24) is 15.6 Å². The number of halogens is 2. The van der Waals surface area contributed by atoms with Gasteiger partial charge in [0.15, 0.2) is 0 Å². The van der Waals surface area contributed by atoms with Crippen LogP contribution in [0.15, 0.2) is 30.3 Å². The van der Waals surface area contributed by atoms with E-state index in [-0.39, 0.29) is 36.6 Å². The highest BCUT2D eigenvalue weighted by Crippen LogP contribution is 2.22. The van der Waals surface area contributed by atoms with Crippen molar-refractivity contribution in [3.05, 3.63) is 35.9 Å². The Morgan fingerprint density at radius 1 is 1.25 bits per heavy atom. The molecule has 1 aromatic carbocycles. The lowest BCUT2D eigenvalue weighted by atomic mass is 10.1. The van der Waals surface area contributed by atoms with Gasteiger partial charge in [-0.15, -0.1) is 24.8 Å². The minimum Gasteiger partial charge on any atom is -0.363 e. The lowest BCUT2D eigenvalue weighted by molar-refractivity contribution is -0.124. The van der Waals surface area contributed by atoms with Crippen LogP contribution in [0.1, 0.15) is 12.5 Å². The van der Waals surface area contributed by atoms with Crippen molar-refractivity contribution in [3.63, 3.8) is 0 Å². The van der Waals surface area contributed by atoms with Crippen LogP contribution in [0.4, 0.5) is 5.82 Å². The van der Waals surface area contributed by atoms with Crippen molar-refractivity contribution >= 4 is 47.4 Å². The molecule has 2 aromatic rings. The van der Waals surface area contributed by atoms with Crippen molar-refractivity contribution in [3.8, 4) is 0 Å². The minimum atomic E-state index is -0.0496. The summed E-state index contributed by atoms with van der Waals surface area (Å²) in [6, 6.07) is 10.0. The Kier molecular flexibility index (Phi) is 9.66. The molecule has 134 valence electrons. The van der Waals surface area contributed by atoms with Crippen LogP contribution in [0.2, 0.25) is 0 Å². The summed E-state index contributed by atoms with van der Waals surface area (Å²) in [5.74, 6) is 0.902. The molecular formula is C17H26Cl2N4O. The molecular weight excluding hydrogens is 347 g/mol. The van der Waals surface area contributed by atoms with Crippen LogP contribution in [-0.4, -0.2) is 38.6 Å². The van der Waals surface area contributed by atoms with Gasteiger partial charge in [0.05, 0.1) is 5.52 Å². The number of carbonyl (C=O) groups excluding carboxylic acids is 1. The smallest absolute Gasteiger partial charge is 0.224 e. The number of benzene rings is 1. The van der Waals surface area contributed by atoms with Crippen LogP contribution in [0.25, 0.3) is 10.9 Å². The summed E-state index contributed by atoms with van der Waals surface area (Å²) < 4.78 is 0. The molecule has 1 aromatic heterocycles. The fraction of sp³-hybridized carbons (Fsp3) is 0.412. The van der Waals surface area contributed by atoms with Crippen LogP contribution >= 0.6 is 24.8 Å². The highest BCUT2D eigenvalue weighted by molar-refractivity contribution is 5.86. The number of amides is 1. The zero-order valence-electron chi connectivity index (χ0n) is 14.5. The molecule has 1 atom stereocenters. The zero-order chi connectivity index (χ0) is 16.1. The topological polar surface area (TPSA) is 57.3 Å². The number of carbonyl (C=O) groups is 1. The van der Waals surface area contributed by atoms with E-state index in [0.29, 0.717) is 13.1 Å². The van der Waals surface area contributed by atoms with Crippen LogP contribution in [-0.2, 0) is 11.3 Å². The monoisotopic (exact) mass is 372 g/mol. The van der Waals surface area contributed by atoms with E-state index in [2.05, 4.69) is 15.6 Å². The number of para-hydroxylation sites is 1. The van der Waals surface area contributed by atoms with Gasteiger partial charge in [0.25, 0.3) is 0 Å². The molecule has 2 N–H and O–H groups in total. The first-order valence-electron chi connectivity index (χ1n) is 7.51. The van der Waals surface area contributed by atoms with Crippen molar-refractivity contribution in [2.45, 2.75) is 13.5 Å². The molecule has 0 bridgehead atoms. The molecule has 0 radical (unpaired) electrons. The highest BCUT2D eigenvalue weighted by Gasteiger charge is 2.13. The van der Waals surface area contributed by atoms with E-state index in [9.17, 15) is 4.79 Å². The van der Waals surface area contributed by atoms with E-state index >= 15 is 0 Å². The summed E-state index contributed by atoms with van der Waals surface area (Å²) in [6.07, 6.45) is 0. The Hall–Kier alpha value is -1.56. The molecule has 7 heteroatoms. The van der Waals surface area contributed by atoms with Crippen LogP contribution < -0.4 is 15.5 Å². The third-order valence-corrected chi connectivity index (χ3v) is 3.66. The van der Waals surface area contributed by atoms with Gasteiger partial charge in [-0.05, 0) is 24.7 Å². The van der Waals surface area contributed by atoms with Gasteiger partial charge in [0.1, 0.15) is 5.82 Å². The molecule has 1 amide bonds. The Balaban J connectivity index is 0.00000264. The summed E-state index contributed by atoms with van der Waals surface area (Å²) in [5, 5.41) is 7.12. The summed E-state index contributed by atoms with van der Waals surface area (Å²) >= 11 is 0. The molecule has 0 saturated heterocycles. The Labute approximate surface area is 156 Å². The SMILES string of the molecule is CNCC(C)C(=O)NCc1cc(N(C)C)nc2ccccc12.Cl.Cl. The maximum Gasteiger partial charge on any atom is 0.224 e. The van der Waals surface area contributed by atoms with Crippen molar-refractivity contribution in [1.29, 1.82) is 0 Å². The second-order valence-electron chi connectivity index (χ2n) is 5.73. The number of aromatic nitrogens is 1. The maximum atomic E-state index is 12.1. The standard InChI is InChI=1S/C17H24N4O.2ClH/c1-12(10-18-2)17(22)19-11-13-9-16(21(3)4)20-15-8-6-5-7-14(13)15;;/h5-9,12,18H,10-11H2,1-4H3,(H,19,22);2*1H. The van der Waals surface area contributed by atoms with E-state index < -0.39 is 0 Å². The van der Waals surface area contributed by atoms with Crippen LogP contribution in [0, 0.1) is 5.92 Å². The van der Waals surface area contributed by atoms with Crippen molar-refractivity contribution < 1.29 is 4.79 Å². The molecule has 0 aliphatic rings. The van der Waals surface area contributed by atoms with Gasteiger partial charge in [-0.1, -0.05) is 25.1 Å². The van der Waals surface area contributed by atoms with E-state index in [4.69, 9.17) is 0 Å². The van der Waals surface area contributed by atoms with Gasteiger partial charge in [-0.2, -0.15) is 0 Å². The zero-order valence-corrected chi connectivity index (χ0v) is 16.1. The van der Waals surface area contributed by atoms with Crippen LogP contribution in [0.5, 0.6) is 0 Å². The number of anilines is 1. The third-order valence-electron chi connectivity index (χ3n) is 3.66. The number of rotatable bonds is 6. The second-order valence-corrected chi connectivity index (χ2v) is 5.73. The first kappa shape index (κ1) is 22.4. The van der Waals surface area contributed by atoms with Crippen molar-refractivity contribution in [2.24, 2.45) is 5.92 Å². The number of fused-ring (bicyclic) bond motifs is 1. The lowest BCUT2D eigenvalue weighted by Gasteiger charge is -2.16. The molecule has 1 unspecified atom stereocenters. The third kappa shape index (κ3) is 5.51. The van der Waals surface area contributed by atoms with Gasteiger partial charge >= 0.3 is 0 Å². The fourth-order valence-electron chi connectivity index (χ4n) is 2.36. The first-order chi connectivity index (χ1) is 10.5. The van der Waals surface area contributed by atoms with Gasteiger partial charge in [-0.25, -0.2) is 4.98 Å². The highest BCUT2D eigenvalue weighted by atomic mass is 35.5. The summed E-state index contributed by atoms with van der Waals surface area (Å²) in [7, 11) is 5.78. The molecule has 0 fully saturated rings. The molecule has 1 heterocycles. The Morgan fingerprint density at radius 3 is 2.54 bits per heavy atom. The quantitative estimate of drug-likeness (QED) is 0.817. The molecule has 24 heavy (non-hydrogen) atoms. The van der Waals surface area contributed by atoms with E-state index in [0.717, 1.165) is 22.3 Å². The number of hydrogen-bond donors (Lipinski definition) is 2. The predicted molar refractivity (Wildman–Crippen MR) is 106 cm³/mol. The lowest BCUT2D eigenvalue weighted by Crippen LogP contribution is -2.34. The molecule has 0 aliphatic heterocycles. The molecule has 0 aliphatic carbocycles. The number of pyridine rings is 1. The normalized spacial score (nSPS) is 11.2. The first-order valence-corrected chi connectivity index (χ1v) is 7.51. The minimum absolute atomic E-state index is 0. The Bertz CT molecular complexity index is 664. The average molecular weight is 373 g/mol. The number of nitrogens with one attached hydrogen (secondary N) is 2. The Morgan fingerprint density at radius 2 is 1.92 bits per heavy atom. The predicted octanol–water partition coefficient (Wildman–Crippen LogP) is 2.62. The molecule has 2 rings (SSSR count). The van der Waals surface area contributed by atoms with E-state index in [1.165, 1.54) is 0 Å². The molecule has 0 spiro atoms. The summed E-state index contributed by atoms with van der Waals surface area (Å²) in [6.45, 7) is 3.10. The molecule has 0 saturated carbocycles.